The van der Waals surface area contributed by atoms with E-state index in [1.54, 1.807) is 12.1 Å². The van der Waals surface area contributed by atoms with E-state index in [1.165, 1.54) is 5.56 Å². The fourth-order valence-corrected chi connectivity index (χ4v) is 2.20. The molecule has 0 saturated heterocycles. The lowest BCUT2D eigenvalue weighted by molar-refractivity contribution is 0.0992. The van der Waals surface area contributed by atoms with Crippen LogP contribution in [0.15, 0.2) is 65.1 Å². The van der Waals surface area contributed by atoms with Crippen LogP contribution in [0.4, 0.5) is 5.69 Å². The molecule has 0 bridgehead atoms. The highest BCUT2D eigenvalue weighted by Gasteiger charge is 2.12. The van der Waals surface area contributed by atoms with Gasteiger partial charge in [-0.15, -0.1) is 0 Å². The summed E-state index contributed by atoms with van der Waals surface area (Å²) in [6.07, 6.45) is 0. The summed E-state index contributed by atoms with van der Waals surface area (Å²) in [4.78, 5) is 12.2. The number of anilines is 1. The highest BCUT2D eigenvalue weighted by Crippen LogP contribution is 2.16. The van der Waals surface area contributed by atoms with Crippen LogP contribution in [-0.2, 0) is 6.61 Å². The van der Waals surface area contributed by atoms with E-state index in [4.69, 9.17) is 9.15 Å². The second-order valence-electron chi connectivity index (χ2n) is 5.69. The third-order valence-electron chi connectivity index (χ3n) is 3.60. The zero-order valence-electron chi connectivity index (χ0n) is 13.7. The molecule has 4 heteroatoms. The minimum atomic E-state index is -0.277. The summed E-state index contributed by atoms with van der Waals surface area (Å²) in [7, 11) is 0. The molecule has 0 spiro atoms. The molecular formula is C20H19NO3. The third-order valence-corrected chi connectivity index (χ3v) is 3.60. The van der Waals surface area contributed by atoms with Gasteiger partial charge in [0.15, 0.2) is 5.76 Å². The van der Waals surface area contributed by atoms with Gasteiger partial charge in [-0.1, -0.05) is 35.4 Å². The van der Waals surface area contributed by atoms with Crippen molar-refractivity contribution in [1.29, 1.82) is 0 Å². The van der Waals surface area contributed by atoms with Crippen LogP contribution in [0.5, 0.6) is 5.75 Å². The van der Waals surface area contributed by atoms with E-state index in [1.807, 2.05) is 62.4 Å². The van der Waals surface area contributed by atoms with Crippen LogP contribution in [-0.4, -0.2) is 5.91 Å². The lowest BCUT2D eigenvalue weighted by Gasteiger charge is -2.05. The number of ether oxygens (including phenoxy) is 1. The molecule has 1 amide bonds. The Morgan fingerprint density at radius 3 is 2.21 bits per heavy atom. The van der Waals surface area contributed by atoms with Crippen molar-refractivity contribution in [3.05, 3.63) is 83.3 Å². The number of hydrogen-bond donors (Lipinski definition) is 1. The zero-order chi connectivity index (χ0) is 16.9. The number of amides is 1. The fraction of sp³-hybridized carbons (Fsp3) is 0.150. The molecule has 0 aliphatic heterocycles. The quantitative estimate of drug-likeness (QED) is 0.739. The SMILES string of the molecule is Cc1ccc(NC(=O)c2ccc(COc3ccc(C)cc3)o2)cc1. The van der Waals surface area contributed by atoms with E-state index in [9.17, 15) is 4.79 Å². The molecule has 122 valence electrons. The third kappa shape index (κ3) is 4.04. The summed E-state index contributed by atoms with van der Waals surface area (Å²) < 4.78 is 11.2. The predicted octanol–water partition coefficient (Wildman–Crippen LogP) is 4.73. The molecule has 1 aromatic heterocycles. The molecule has 4 nitrogen and oxygen atoms in total. The maximum atomic E-state index is 12.2. The van der Waals surface area contributed by atoms with Crippen LogP contribution in [0.1, 0.15) is 27.4 Å². The highest BCUT2D eigenvalue weighted by molar-refractivity contribution is 6.02. The van der Waals surface area contributed by atoms with Crippen molar-refractivity contribution < 1.29 is 13.9 Å². The fourth-order valence-electron chi connectivity index (χ4n) is 2.20. The Bertz CT molecular complexity index is 817. The van der Waals surface area contributed by atoms with E-state index in [0.717, 1.165) is 17.0 Å². The van der Waals surface area contributed by atoms with Gasteiger partial charge in [-0.05, 0) is 50.2 Å². The smallest absolute Gasteiger partial charge is 0.291 e. The van der Waals surface area contributed by atoms with Crippen LogP contribution in [0.3, 0.4) is 0 Å². The van der Waals surface area contributed by atoms with E-state index in [2.05, 4.69) is 5.32 Å². The molecule has 1 N–H and O–H groups in total. The monoisotopic (exact) mass is 321 g/mol. The Morgan fingerprint density at radius 1 is 0.917 bits per heavy atom. The molecule has 0 fully saturated rings. The summed E-state index contributed by atoms with van der Waals surface area (Å²) in [6.45, 7) is 4.30. The molecule has 0 saturated carbocycles. The first-order chi connectivity index (χ1) is 11.6. The second kappa shape index (κ2) is 7.04. The van der Waals surface area contributed by atoms with Gasteiger partial charge in [-0.25, -0.2) is 0 Å². The van der Waals surface area contributed by atoms with Crippen molar-refractivity contribution in [1.82, 2.24) is 0 Å². The lowest BCUT2D eigenvalue weighted by Crippen LogP contribution is -2.10. The maximum absolute atomic E-state index is 12.2. The number of furan rings is 1. The van der Waals surface area contributed by atoms with Gasteiger partial charge in [-0.2, -0.15) is 0 Å². The molecule has 3 rings (SSSR count). The van der Waals surface area contributed by atoms with E-state index in [0.29, 0.717) is 5.76 Å². The van der Waals surface area contributed by atoms with Crippen molar-refractivity contribution >= 4 is 11.6 Å². The van der Waals surface area contributed by atoms with Gasteiger partial charge in [0.05, 0.1) is 0 Å². The van der Waals surface area contributed by atoms with Crippen molar-refractivity contribution in [3.63, 3.8) is 0 Å². The van der Waals surface area contributed by atoms with Gasteiger partial charge in [-0.3, -0.25) is 4.79 Å². The van der Waals surface area contributed by atoms with Crippen LogP contribution < -0.4 is 10.1 Å². The molecule has 0 radical (unpaired) electrons. The first-order valence-corrected chi connectivity index (χ1v) is 7.76. The van der Waals surface area contributed by atoms with Gasteiger partial charge < -0.3 is 14.5 Å². The van der Waals surface area contributed by atoms with E-state index in [-0.39, 0.29) is 18.3 Å². The summed E-state index contributed by atoms with van der Waals surface area (Å²) in [5.74, 6) is 1.35. The number of nitrogens with one attached hydrogen (secondary N) is 1. The van der Waals surface area contributed by atoms with Gasteiger partial charge in [0, 0.05) is 5.69 Å². The van der Waals surface area contributed by atoms with Crippen molar-refractivity contribution in [2.45, 2.75) is 20.5 Å². The topological polar surface area (TPSA) is 51.5 Å². The molecule has 0 unspecified atom stereocenters. The number of aryl methyl sites for hydroxylation is 2. The second-order valence-corrected chi connectivity index (χ2v) is 5.69. The molecule has 3 aromatic rings. The molecular weight excluding hydrogens is 302 g/mol. The Hall–Kier alpha value is -3.01. The average Bonchev–Trinajstić information content (AvgIpc) is 3.06. The molecule has 0 atom stereocenters. The molecule has 0 aliphatic rings. The molecule has 24 heavy (non-hydrogen) atoms. The normalized spacial score (nSPS) is 10.4. The zero-order valence-corrected chi connectivity index (χ0v) is 13.7. The minimum Gasteiger partial charge on any atom is -0.486 e. The molecule has 0 aliphatic carbocycles. The number of carbonyl (C=O) groups excluding carboxylic acids is 1. The van der Waals surface area contributed by atoms with Crippen LogP contribution in [0, 0.1) is 13.8 Å². The highest BCUT2D eigenvalue weighted by atomic mass is 16.5. The van der Waals surface area contributed by atoms with Gasteiger partial charge in [0.25, 0.3) is 5.91 Å². The molecule has 1 heterocycles. The van der Waals surface area contributed by atoms with Gasteiger partial charge in [0.1, 0.15) is 18.1 Å². The average molecular weight is 321 g/mol. The number of hydrogen-bond acceptors (Lipinski definition) is 3. The van der Waals surface area contributed by atoms with Crippen LogP contribution >= 0.6 is 0 Å². The summed E-state index contributed by atoms with van der Waals surface area (Å²) in [5.41, 5.74) is 3.05. The first-order valence-electron chi connectivity index (χ1n) is 7.76. The van der Waals surface area contributed by atoms with Gasteiger partial charge in [0.2, 0.25) is 0 Å². The first kappa shape index (κ1) is 15.9. The Morgan fingerprint density at radius 2 is 1.54 bits per heavy atom. The molecule has 2 aromatic carbocycles. The number of rotatable bonds is 5. The van der Waals surface area contributed by atoms with Crippen LogP contribution in [0.2, 0.25) is 0 Å². The maximum Gasteiger partial charge on any atom is 0.291 e. The summed E-state index contributed by atoms with van der Waals surface area (Å²) >= 11 is 0. The Balaban J connectivity index is 1.59. The Labute approximate surface area is 141 Å². The van der Waals surface area contributed by atoms with E-state index < -0.39 is 0 Å². The Kier molecular flexibility index (Phi) is 4.66. The van der Waals surface area contributed by atoms with Crippen molar-refractivity contribution in [2.24, 2.45) is 0 Å². The number of benzene rings is 2. The summed E-state index contributed by atoms with van der Waals surface area (Å²) in [6, 6.07) is 18.8. The lowest BCUT2D eigenvalue weighted by atomic mass is 10.2. The van der Waals surface area contributed by atoms with Crippen molar-refractivity contribution in [3.8, 4) is 5.75 Å². The van der Waals surface area contributed by atoms with Gasteiger partial charge >= 0.3 is 0 Å². The number of carbonyl (C=O) groups is 1. The van der Waals surface area contributed by atoms with E-state index >= 15 is 0 Å². The van der Waals surface area contributed by atoms with Crippen LogP contribution in [0.25, 0.3) is 0 Å². The minimum absolute atomic E-state index is 0.262. The standard InChI is InChI=1S/C20H19NO3/c1-14-3-7-16(8-4-14)21-20(22)19-12-11-18(24-19)13-23-17-9-5-15(2)6-10-17/h3-12H,13H2,1-2H3,(H,21,22). The predicted molar refractivity (Wildman–Crippen MR) is 93.4 cm³/mol. The summed E-state index contributed by atoms with van der Waals surface area (Å²) in [5, 5.41) is 2.81. The van der Waals surface area contributed by atoms with Crippen molar-refractivity contribution in [2.75, 3.05) is 5.32 Å². The largest absolute Gasteiger partial charge is 0.486 e.